The van der Waals surface area contributed by atoms with E-state index >= 15 is 0 Å². The first kappa shape index (κ1) is 17.4. The summed E-state index contributed by atoms with van der Waals surface area (Å²) >= 11 is 4.87. The number of aliphatic hydroxyl groups excluding tert-OH is 1. The van der Waals surface area contributed by atoms with E-state index in [1.807, 2.05) is 35.2 Å². The maximum absolute atomic E-state index is 10.8. The quantitative estimate of drug-likeness (QED) is 0.628. The van der Waals surface area contributed by atoms with E-state index in [0.29, 0.717) is 6.73 Å². The SMILES string of the molecule is COCN1c2cc(C(O)c3ccc(Br)nc3)ccc2Sc2nccnc21. The molecule has 1 aliphatic rings. The second-order valence-electron chi connectivity index (χ2n) is 5.68. The van der Waals surface area contributed by atoms with Crippen molar-refractivity contribution in [3.63, 3.8) is 0 Å². The Hall–Kier alpha value is -2.00. The minimum atomic E-state index is -0.765. The number of pyridine rings is 1. The average Bonchev–Trinajstić information content (AvgIpc) is 2.67. The molecular weight excluding hydrogens is 416 g/mol. The molecule has 0 fully saturated rings. The molecule has 0 saturated carbocycles. The molecule has 0 radical (unpaired) electrons. The number of anilines is 2. The Bertz CT molecular complexity index is 939. The minimum Gasteiger partial charge on any atom is -0.384 e. The van der Waals surface area contributed by atoms with Gasteiger partial charge in [0.05, 0.1) is 5.69 Å². The molecule has 0 spiro atoms. The van der Waals surface area contributed by atoms with E-state index in [2.05, 4.69) is 30.9 Å². The van der Waals surface area contributed by atoms with Crippen LogP contribution in [0.4, 0.5) is 11.5 Å². The van der Waals surface area contributed by atoms with Crippen molar-refractivity contribution in [2.24, 2.45) is 0 Å². The van der Waals surface area contributed by atoms with Crippen LogP contribution in [-0.4, -0.2) is 33.9 Å². The molecule has 1 aromatic carbocycles. The molecule has 1 unspecified atom stereocenters. The van der Waals surface area contributed by atoms with Crippen LogP contribution in [0.25, 0.3) is 0 Å². The topological polar surface area (TPSA) is 71.4 Å². The molecule has 8 heteroatoms. The standard InChI is InChI=1S/C18H15BrN4O2S/c1-25-10-23-13-8-11(16(24)12-3-5-15(19)22-9-12)2-4-14(13)26-18-17(23)20-6-7-21-18/h2-9,16,24H,10H2,1H3. The smallest absolute Gasteiger partial charge is 0.168 e. The molecule has 26 heavy (non-hydrogen) atoms. The lowest BCUT2D eigenvalue weighted by molar-refractivity contribution is 0.204. The van der Waals surface area contributed by atoms with E-state index in [-0.39, 0.29) is 0 Å². The lowest BCUT2D eigenvalue weighted by Crippen LogP contribution is -2.24. The molecule has 0 amide bonds. The average molecular weight is 431 g/mol. The summed E-state index contributed by atoms with van der Waals surface area (Å²) in [5, 5.41) is 11.6. The summed E-state index contributed by atoms with van der Waals surface area (Å²) in [7, 11) is 1.64. The number of aliphatic hydroxyl groups is 1. The highest BCUT2D eigenvalue weighted by molar-refractivity contribution is 9.10. The van der Waals surface area contributed by atoms with E-state index in [4.69, 9.17) is 4.74 Å². The Labute approximate surface area is 163 Å². The Kier molecular flexibility index (Phi) is 4.90. The van der Waals surface area contributed by atoms with Crippen LogP contribution >= 0.6 is 27.7 Å². The van der Waals surface area contributed by atoms with Crippen LogP contribution in [-0.2, 0) is 4.74 Å². The monoisotopic (exact) mass is 430 g/mol. The van der Waals surface area contributed by atoms with Crippen LogP contribution < -0.4 is 4.90 Å². The summed E-state index contributed by atoms with van der Waals surface area (Å²) in [6.07, 6.45) is 4.25. The zero-order valence-corrected chi connectivity index (χ0v) is 16.2. The second kappa shape index (κ2) is 7.32. The molecule has 132 valence electrons. The molecule has 6 nitrogen and oxygen atoms in total. The van der Waals surface area contributed by atoms with Crippen molar-refractivity contribution in [3.05, 3.63) is 64.7 Å². The van der Waals surface area contributed by atoms with Crippen molar-refractivity contribution < 1.29 is 9.84 Å². The van der Waals surface area contributed by atoms with Gasteiger partial charge in [-0.05, 0) is 39.7 Å². The van der Waals surface area contributed by atoms with Crippen molar-refractivity contribution in [1.82, 2.24) is 15.0 Å². The molecule has 1 N–H and O–H groups in total. The van der Waals surface area contributed by atoms with E-state index in [1.54, 1.807) is 37.5 Å². The number of fused-ring (bicyclic) bond motifs is 2. The molecule has 3 aromatic rings. The Morgan fingerprint density at radius 3 is 2.73 bits per heavy atom. The first-order valence-electron chi connectivity index (χ1n) is 7.86. The van der Waals surface area contributed by atoms with Crippen LogP contribution in [0.1, 0.15) is 17.2 Å². The number of halogens is 1. The highest BCUT2D eigenvalue weighted by Crippen LogP contribution is 2.46. The van der Waals surface area contributed by atoms with Crippen molar-refractivity contribution in [1.29, 1.82) is 0 Å². The highest BCUT2D eigenvalue weighted by Gasteiger charge is 2.26. The molecule has 3 heterocycles. The lowest BCUT2D eigenvalue weighted by Gasteiger charge is -2.30. The van der Waals surface area contributed by atoms with Crippen LogP contribution in [0.3, 0.4) is 0 Å². The predicted octanol–water partition coefficient (Wildman–Crippen LogP) is 3.92. The maximum Gasteiger partial charge on any atom is 0.168 e. The molecular formula is C18H15BrN4O2S. The number of rotatable bonds is 4. The number of hydrogen-bond donors (Lipinski definition) is 1. The predicted molar refractivity (Wildman–Crippen MR) is 103 cm³/mol. The fourth-order valence-electron chi connectivity index (χ4n) is 2.80. The second-order valence-corrected chi connectivity index (χ2v) is 7.52. The van der Waals surface area contributed by atoms with Crippen LogP contribution in [0, 0.1) is 0 Å². The van der Waals surface area contributed by atoms with Gasteiger partial charge in [-0.25, -0.2) is 15.0 Å². The van der Waals surface area contributed by atoms with Gasteiger partial charge in [-0.3, -0.25) is 4.90 Å². The van der Waals surface area contributed by atoms with Gasteiger partial charge in [0.15, 0.2) is 5.82 Å². The fraction of sp³-hybridized carbons (Fsp3) is 0.167. The molecule has 2 aromatic heterocycles. The van der Waals surface area contributed by atoms with Crippen LogP contribution in [0.15, 0.2) is 63.4 Å². The largest absolute Gasteiger partial charge is 0.384 e. The van der Waals surface area contributed by atoms with E-state index in [0.717, 1.165) is 37.2 Å². The Morgan fingerprint density at radius 1 is 1.15 bits per heavy atom. The Morgan fingerprint density at radius 2 is 1.96 bits per heavy atom. The summed E-state index contributed by atoms with van der Waals surface area (Å²) in [4.78, 5) is 16.0. The van der Waals surface area contributed by atoms with Crippen LogP contribution in [0.2, 0.25) is 0 Å². The number of aromatic nitrogens is 3. The van der Waals surface area contributed by atoms with Gasteiger partial charge >= 0.3 is 0 Å². The summed E-state index contributed by atoms with van der Waals surface area (Å²) < 4.78 is 6.10. The van der Waals surface area contributed by atoms with Crippen molar-refractivity contribution in [2.45, 2.75) is 16.0 Å². The Balaban J connectivity index is 1.74. The number of hydrogen-bond acceptors (Lipinski definition) is 7. The van der Waals surface area contributed by atoms with Gasteiger partial charge in [0, 0.05) is 36.2 Å². The third-order valence-electron chi connectivity index (χ3n) is 4.02. The minimum absolute atomic E-state index is 0.346. The number of nitrogens with zero attached hydrogens (tertiary/aromatic N) is 4. The molecule has 0 bridgehead atoms. The van der Waals surface area contributed by atoms with Crippen molar-refractivity contribution in [2.75, 3.05) is 18.7 Å². The third-order valence-corrected chi connectivity index (χ3v) is 5.54. The molecule has 1 atom stereocenters. The van der Waals surface area contributed by atoms with Gasteiger partial charge < -0.3 is 9.84 Å². The number of methoxy groups -OCH3 is 1. The molecule has 0 aliphatic carbocycles. The molecule has 0 saturated heterocycles. The highest BCUT2D eigenvalue weighted by atomic mass is 79.9. The summed E-state index contributed by atoms with van der Waals surface area (Å²) in [5.74, 6) is 0.754. The lowest BCUT2D eigenvalue weighted by atomic mass is 10.0. The van der Waals surface area contributed by atoms with E-state index in [1.165, 1.54) is 0 Å². The van der Waals surface area contributed by atoms with E-state index in [9.17, 15) is 5.11 Å². The zero-order valence-electron chi connectivity index (χ0n) is 13.8. The number of benzene rings is 1. The fourth-order valence-corrected chi connectivity index (χ4v) is 4.02. The molecule has 4 rings (SSSR count). The zero-order chi connectivity index (χ0) is 18.1. The van der Waals surface area contributed by atoms with Gasteiger partial charge in [-0.1, -0.05) is 23.9 Å². The molecule has 1 aliphatic heterocycles. The first-order valence-corrected chi connectivity index (χ1v) is 9.47. The summed E-state index contributed by atoms with van der Waals surface area (Å²) in [6, 6.07) is 9.54. The first-order chi connectivity index (χ1) is 12.7. The van der Waals surface area contributed by atoms with Crippen molar-refractivity contribution >= 4 is 39.2 Å². The van der Waals surface area contributed by atoms with Gasteiger partial charge in [0.2, 0.25) is 0 Å². The van der Waals surface area contributed by atoms with Gasteiger partial charge in [0.25, 0.3) is 0 Å². The maximum atomic E-state index is 10.8. The third kappa shape index (κ3) is 3.21. The number of ether oxygens (including phenoxy) is 1. The van der Waals surface area contributed by atoms with Gasteiger partial charge in [-0.2, -0.15) is 0 Å². The van der Waals surface area contributed by atoms with Crippen molar-refractivity contribution in [3.8, 4) is 0 Å². The normalized spacial score (nSPS) is 13.9. The van der Waals surface area contributed by atoms with Crippen LogP contribution in [0.5, 0.6) is 0 Å². The summed E-state index contributed by atoms with van der Waals surface area (Å²) in [6.45, 7) is 0.346. The van der Waals surface area contributed by atoms with E-state index < -0.39 is 6.10 Å². The van der Waals surface area contributed by atoms with Gasteiger partial charge in [-0.15, -0.1) is 0 Å². The van der Waals surface area contributed by atoms with Gasteiger partial charge in [0.1, 0.15) is 22.5 Å². The summed E-state index contributed by atoms with van der Waals surface area (Å²) in [5.41, 5.74) is 2.45.